The van der Waals surface area contributed by atoms with E-state index in [4.69, 9.17) is 0 Å². The Bertz CT molecular complexity index is 709. The molecular weight excluding hydrogens is 336 g/mol. The van der Waals surface area contributed by atoms with Crippen molar-refractivity contribution in [3.63, 3.8) is 0 Å². The van der Waals surface area contributed by atoms with Gasteiger partial charge in [0.2, 0.25) is 0 Å². The Labute approximate surface area is 130 Å². The lowest BCUT2D eigenvalue weighted by Gasteiger charge is -2.08. The van der Waals surface area contributed by atoms with Crippen LogP contribution in [-0.2, 0) is 0 Å². The summed E-state index contributed by atoms with van der Waals surface area (Å²) in [6.07, 6.45) is 0. The Morgan fingerprint density at radius 3 is 2.57 bits per heavy atom. The predicted octanol–water partition coefficient (Wildman–Crippen LogP) is 4.23. The zero-order chi connectivity index (χ0) is 15.6. The molecule has 21 heavy (non-hydrogen) atoms. The number of nitro groups is 1. The van der Waals surface area contributed by atoms with Crippen LogP contribution in [0.5, 0.6) is 0 Å². The van der Waals surface area contributed by atoms with E-state index in [0.29, 0.717) is 11.3 Å². The van der Waals surface area contributed by atoms with Crippen molar-refractivity contribution in [2.45, 2.75) is 13.8 Å². The van der Waals surface area contributed by atoms with E-state index < -0.39 is 10.8 Å². The average molecular weight is 349 g/mol. The molecule has 0 aliphatic carbocycles. The number of hydrogen-bond donors (Lipinski definition) is 1. The monoisotopic (exact) mass is 348 g/mol. The van der Waals surface area contributed by atoms with Crippen molar-refractivity contribution in [3.05, 3.63) is 67.7 Å². The van der Waals surface area contributed by atoms with Crippen LogP contribution in [0, 0.1) is 24.0 Å². The van der Waals surface area contributed by atoms with Gasteiger partial charge in [-0.25, -0.2) is 0 Å². The molecular formula is C15H13BrN2O3. The van der Waals surface area contributed by atoms with E-state index in [1.54, 1.807) is 31.2 Å². The van der Waals surface area contributed by atoms with E-state index in [9.17, 15) is 14.9 Å². The topological polar surface area (TPSA) is 72.2 Å². The molecule has 2 aromatic carbocycles. The number of rotatable bonds is 3. The molecule has 0 aliphatic heterocycles. The minimum Gasteiger partial charge on any atom is -0.322 e. The molecule has 0 heterocycles. The molecule has 0 aliphatic rings. The fourth-order valence-corrected chi connectivity index (χ4v) is 2.70. The molecule has 0 atom stereocenters. The minimum absolute atomic E-state index is 0.0534. The molecule has 1 N–H and O–H groups in total. The third kappa shape index (κ3) is 3.46. The van der Waals surface area contributed by atoms with Crippen LogP contribution in [0.1, 0.15) is 21.5 Å². The van der Waals surface area contributed by atoms with Gasteiger partial charge in [-0.1, -0.05) is 28.1 Å². The fourth-order valence-electron chi connectivity index (χ4n) is 2.09. The van der Waals surface area contributed by atoms with E-state index >= 15 is 0 Å². The molecule has 0 fully saturated rings. The van der Waals surface area contributed by atoms with Crippen LogP contribution in [0.15, 0.2) is 40.9 Å². The number of benzene rings is 2. The molecule has 0 saturated heterocycles. The van der Waals surface area contributed by atoms with Crippen molar-refractivity contribution < 1.29 is 9.72 Å². The van der Waals surface area contributed by atoms with Crippen LogP contribution in [0.3, 0.4) is 0 Å². The molecule has 108 valence electrons. The third-order valence-electron chi connectivity index (χ3n) is 2.96. The second kappa shape index (κ2) is 6.05. The Hall–Kier alpha value is -2.21. The van der Waals surface area contributed by atoms with Gasteiger partial charge in [0.25, 0.3) is 11.6 Å². The maximum absolute atomic E-state index is 12.3. The number of nitrogens with one attached hydrogen (secondary N) is 1. The highest BCUT2D eigenvalue weighted by molar-refractivity contribution is 9.10. The summed E-state index contributed by atoms with van der Waals surface area (Å²) < 4.78 is 0.830. The average Bonchev–Trinajstić information content (AvgIpc) is 2.36. The molecule has 6 heteroatoms. The van der Waals surface area contributed by atoms with Gasteiger partial charge in [0, 0.05) is 15.7 Å². The van der Waals surface area contributed by atoms with Crippen molar-refractivity contribution in [3.8, 4) is 0 Å². The van der Waals surface area contributed by atoms with Crippen molar-refractivity contribution in [1.29, 1.82) is 0 Å². The lowest BCUT2D eigenvalue weighted by Crippen LogP contribution is -2.14. The van der Waals surface area contributed by atoms with Crippen LogP contribution < -0.4 is 5.32 Å². The third-order valence-corrected chi connectivity index (χ3v) is 3.42. The van der Waals surface area contributed by atoms with E-state index in [-0.39, 0.29) is 11.3 Å². The van der Waals surface area contributed by atoms with Gasteiger partial charge in [0.15, 0.2) is 0 Å². The fraction of sp³-hybridized carbons (Fsp3) is 0.133. The number of carbonyl (C=O) groups excluding carboxylic acids is 1. The van der Waals surface area contributed by atoms with Gasteiger partial charge in [-0.15, -0.1) is 0 Å². The summed E-state index contributed by atoms with van der Waals surface area (Å²) in [6, 6.07) is 10.1. The highest BCUT2D eigenvalue weighted by Crippen LogP contribution is 2.25. The predicted molar refractivity (Wildman–Crippen MR) is 84.7 cm³/mol. The van der Waals surface area contributed by atoms with Crippen LogP contribution in [0.4, 0.5) is 11.4 Å². The number of anilines is 1. The second-order valence-electron chi connectivity index (χ2n) is 4.70. The maximum atomic E-state index is 12.3. The van der Waals surface area contributed by atoms with Gasteiger partial charge in [-0.2, -0.15) is 0 Å². The Morgan fingerprint density at radius 2 is 1.95 bits per heavy atom. The molecule has 0 saturated carbocycles. The van der Waals surface area contributed by atoms with E-state index in [1.165, 1.54) is 6.07 Å². The number of halogens is 1. The maximum Gasteiger partial charge on any atom is 0.285 e. The largest absolute Gasteiger partial charge is 0.322 e. The highest BCUT2D eigenvalue weighted by Gasteiger charge is 2.22. The summed E-state index contributed by atoms with van der Waals surface area (Å²) in [6.45, 7) is 3.51. The first kappa shape index (κ1) is 15.2. The number of nitrogens with zero attached hydrogens (tertiary/aromatic N) is 1. The van der Waals surface area contributed by atoms with Gasteiger partial charge >= 0.3 is 0 Å². The second-order valence-corrected chi connectivity index (χ2v) is 5.62. The number of amides is 1. The van der Waals surface area contributed by atoms with E-state index in [2.05, 4.69) is 21.2 Å². The summed E-state index contributed by atoms with van der Waals surface area (Å²) in [5, 5.41) is 13.8. The minimum atomic E-state index is -0.531. The highest BCUT2D eigenvalue weighted by atomic mass is 79.9. The van der Waals surface area contributed by atoms with Crippen molar-refractivity contribution in [1.82, 2.24) is 0 Å². The van der Waals surface area contributed by atoms with Crippen LogP contribution in [0.2, 0.25) is 0 Å². The standard InChI is InChI=1S/C15H13BrN2O3/c1-9-6-11(16)8-12(7-9)17-15(19)13-5-3-4-10(2)14(13)18(20)21/h3-8H,1-2H3,(H,17,19). The first-order valence-electron chi connectivity index (χ1n) is 6.21. The van der Waals surface area contributed by atoms with Crippen molar-refractivity contribution >= 4 is 33.2 Å². The van der Waals surface area contributed by atoms with Gasteiger partial charge in [0.1, 0.15) is 5.56 Å². The first-order chi connectivity index (χ1) is 9.88. The number of para-hydroxylation sites is 1. The van der Waals surface area contributed by atoms with Crippen LogP contribution >= 0.6 is 15.9 Å². The van der Waals surface area contributed by atoms with Crippen molar-refractivity contribution in [2.24, 2.45) is 0 Å². The van der Waals surface area contributed by atoms with Gasteiger partial charge in [-0.05, 0) is 43.7 Å². The summed E-state index contributed by atoms with van der Waals surface area (Å²) >= 11 is 3.35. The summed E-state index contributed by atoms with van der Waals surface area (Å²) in [7, 11) is 0. The Kier molecular flexibility index (Phi) is 4.37. The Morgan fingerprint density at radius 1 is 1.24 bits per heavy atom. The number of nitro benzene ring substituents is 1. The SMILES string of the molecule is Cc1cc(Br)cc(NC(=O)c2cccc(C)c2[N+](=O)[O-])c1. The summed E-state index contributed by atoms with van der Waals surface area (Å²) in [4.78, 5) is 22.9. The lowest BCUT2D eigenvalue weighted by atomic mass is 10.1. The molecule has 0 spiro atoms. The lowest BCUT2D eigenvalue weighted by molar-refractivity contribution is -0.385. The summed E-state index contributed by atoms with van der Waals surface area (Å²) in [5.74, 6) is -0.497. The zero-order valence-corrected chi connectivity index (χ0v) is 13.1. The molecule has 5 nitrogen and oxygen atoms in total. The number of carbonyl (C=O) groups is 1. The summed E-state index contributed by atoms with van der Waals surface area (Å²) in [5.41, 5.74) is 1.90. The molecule has 0 aromatic heterocycles. The van der Waals surface area contributed by atoms with E-state index in [0.717, 1.165) is 10.0 Å². The molecule has 1 amide bonds. The Balaban J connectivity index is 2.37. The smallest absolute Gasteiger partial charge is 0.285 e. The van der Waals surface area contributed by atoms with Gasteiger partial charge in [0.05, 0.1) is 4.92 Å². The van der Waals surface area contributed by atoms with Crippen LogP contribution in [-0.4, -0.2) is 10.8 Å². The van der Waals surface area contributed by atoms with Gasteiger partial charge in [-0.3, -0.25) is 14.9 Å². The van der Waals surface area contributed by atoms with Crippen LogP contribution in [0.25, 0.3) is 0 Å². The van der Waals surface area contributed by atoms with Crippen molar-refractivity contribution in [2.75, 3.05) is 5.32 Å². The molecule has 0 unspecified atom stereocenters. The number of hydrogen-bond acceptors (Lipinski definition) is 3. The number of aryl methyl sites for hydroxylation is 2. The first-order valence-corrected chi connectivity index (χ1v) is 7.00. The molecule has 2 aromatic rings. The quantitative estimate of drug-likeness (QED) is 0.666. The molecule has 2 rings (SSSR count). The normalized spacial score (nSPS) is 10.2. The van der Waals surface area contributed by atoms with Gasteiger partial charge < -0.3 is 5.32 Å². The molecule has 0 radical (unpaired) electrons. The zero-order valence-electron chi connectivity index (χ0n) is 11.5. The van der Waals surface area contributed by atoms with E-state index in [1.807, 2.05) is 13.0 Å². The molecule has 0 bridgehead atoms.